The molecule has 0 fully saturated rings. The molecule has 29 heavy (non-hydrogen) atoms. The second-order valence-corrected chi connectivity index (χ2v) is 8.19. The number of anilines is 1. The summed E-state index contributed by atoms with van der Waals surface area (Å²) >= 11 is 1.08. The summed E-state index contributed by atoms with van der Waals surface area (Å²) < 4.78 is 0. The molecule has 7 heteroatoms. The molecule has 0 unspecified atom stereocenters. The Morgan fingerprint density at radius 1 is 1.10 bits per heavy atom. The monoisotopic (exact) mass is 416 g/mol. The SMILES string of the molecule is CC(C)(O)c1cccc(SN)n1.CN.O=CNc1c2c(cc3c1CCC3)CCC2. The van der Waals surface area contributed by atoms with Crippen LogP contribution in [0.15, 0.2) is 29.3 Å². The molecule has 2 aliphatic carbocycles. The average Bonchev–Trinajstić information content (AvgIpc) is 3.38. The van der Waals surface area contributed by atoms with Crippen molar-refractivity contribution in [3.8, 4) is 0 Å². The van der Waals surface area contributed by atoms with Gasteiger partial charge in [0.05, 0.1) is 5.69 Å². The number of benzene rings is 1. The van der Waals surface area contributed by atoms with Gasteiger partial charge in [0.1, 0.15) is 10.6 Å². The molecule has 0 radical (unpaired) electrons. The fourth-order valence-corrected chi connectivity index (χ4v) is 4.18. The van der Waals surface area contributed by atoms with E-state index in [2.05, 4.69) is 22.1 Å². The number of carbonyl (C=O) groups is 1. The molecule has 1 heterocycles. The van der Waals surface area contributed by atoms with Gasteiger partial charge in [-0.1, -0.05) is 12.1 Å². The highest BCUT2D eigenvalue weighted by atomic mass is 32.2. The van der Waals surface area contributed by atoms with Gasteiger partial charge in [0.25, 0.3) is 0 Å². The molecule has 1 aromatic carbocycles. The van der Waals surface area contributed by atoms with Crippen LogP contribution in [0.25, 0.3) is 0 Å². The first kappa shape index (κ1) is 23.3. The molecule has 1 aromatic heterocycles. The Morgan fingerprint density at radius 2 is 1.69 bits per heavy atom. The van der Waals surface area contributed by atoms with E-state index in [4.69, 9.17) is 5.14 Å². The number of hydrogen-bond donors (Lipinski definition) is 4. The summed E-state index contributed by atoms with van der Waals surface area (Å²) in [6.07, 6.45) is 7.97. The third-order valence-corrected chi connectivity index (χ3v) is 5.62. The quantitative estimate of drug-likeness (QED) is 0.450. The van der Waals surface area contributed by atoms with Gasteiger partial charge in [-0.15, -0.1) is 0 Å². The molecule has 0 atom stereocenters. The van der Waals surface area contributed by atoms with Gasteiger partial charge in [0.2, 0.25) is 6.41 Å². The summed E-state index contributed by atoms with van der Waals surface area (Å²) in [5.74, 6) is 0. The Kier molecular flexibility index (Phi) is 8.64. The summed E-state index contributed by atoms with van der Waals surface area (Å²) in [5.41, 5.74) is 11.1. The van der Waals surface area contributed by atoms with Gasteiger partial charge >= 0.3 is 0 Å². The van der Waals surface area contributed by atoms with Crippen molar-refractivity contribution in [2.24, 2.45) is 10.9 Å². The predicted molar refractivity (Wildman–Crippen MR) is 120 cm³/mol. The van der Waals surface area contributed by atoms with Crippen LogP contribution in [-0.4, -0.2) is 23.5 Å². The Bertz CT molecular complexity index is 802. The zero-order chi connectivity index (χ0) is 21.4. The topological polar surface area (TPSA) is 114 Å². The van der Waals surface area contributed by atoms with Crippen LogP contribution in [0.4, 0.5) is 5.69 Å². The van der Waals surface area contributed by atoms with Crippen LogP contribution in [0.3, 0.4) is 0 Å². The summed E-state index contributed by atoms with van der Waals surface area (Å²) in [7, 11) is 1.50. The maximum Gasteiger partial charge on any atom is 0.211 e. The van der Waals surface area contributed by atoms with E-state index >= 15 is 0 Å². The molecule has 2 aliphatic rings. The summed E-state index contributed by atoms with van der Waals surface area (Å²) in [5, 5.41) is 18.6. The lowest BCUT2D eigenvalue weighted by Gasteiger charge is -2.16. The van der Waals surface area contributed by atoms with Crippen LogP contribution in [0.2, 0.25) is 0 Å². The smallest absolute Gasteiger partial charge is 0.211 e. The van der Waals surface area contributed by atoms with Crippen molar-refractivity contribution >= 4 is 24.0 Å². The number of aryl methyl sites for hydroxylation is 2. The van der Waals surface area contributed by atoms with E-state index in [-0.39, 0.29) is 0 Å². The molecule has 0 bridgehead atoms. The normalized spacial score (nSPS) is 14.0. The van der Waals surface area contributed by atoms with Crippen molar-refractivity contribution in [1.29, 1.82) is 0 Å². The number of rotatable bonds is 4. The second-order valence-electron chi connectivity index (χ2n) is 7.53. The molecule has 0 aliphatic heterocycles. The molecule has 0 saturated heterocycles. The van der Waals surface area contributed by atoms with Crippen LogP contribution in [-0.2, 0) is 36.1 Å². The standard InChI is InChI=1S/C13H15NO.C8H12N2OS.CH5N/c15-8-14-13-11-5-1-3-9(11)7-10-4-2-6-12(10)13;1-8(2,11)6-4-3-5-7(10-6)12-9;1-2/h7-8H,1-6H2,(H,14,15);3-5,11H,9H2,1-2H3;2H2,1H3. The van der Waals surface area contributed by atoms with E-state index < -0.39 is 5.60 Å². The van der Waals surface area contributed by atoms with Crippen LogP contribution >= 0.6 is 11.9 Å². The molecule has 6 nitrogen and oxygen atoms in total. The van der Waals surface area contributed by atoms with Crippen molar-refractivity contribution in [3.05, 3.63) is 52.2 Å². The highest BCUT2D eigenvalue weighted by Gasteiger charge is 2.23. The number of fused-ring (bicyclic) bond motifs is 2. The van der Waals surface area contributed by atoms with Crippen LogP contribution in [0, 0.1) is 0 Å². The molecule has 158 valence electrons. The minimum absolute atomic E-state index is 0.637. The number of amides is 1. The molecule has 6 N–H and O–H groups in total. The van der Waals surface area contributed by atoms with Crippen LogP contribution in [0.5, 0.6) is 0 Å². The minimum Gasteiger partial charge on any atom is -0.384 e. The summed E-state index contributed by atoms with van der Waals surface area (Å²) in [4.78, 5) is 14.8. The first-order valence-corrected chi connectivity index (χ1v) is 10.8. The Labute approximate surface area is 177 Å². The molecular formula is C22H32N4O2S. The Hall–Kier alpha value is -1.93. The van der Waals surface area contributed by atoms with Crippen molar-refractivity contribution in [2.75, 3.05) is 12.4 Å². The van der Waals surface area contributed by atoms with E-state index in [1.165, 1.54) is 55.0 Å². The van der Waals surface area contributed by atoms with E-state index in [1.807, 2.05) is 6.07 Å². The number of nitrogens with two attached hydrogens (primary N) is 2. The lowest BCUT2D eigenvalue weighted by Crippen LogP contribution is -2.17. The highest BCUT2D eigenvalue weighted by molar-refractivity contribution is 7.97. The zero-order valence-corrected chi connectivity index (χ0v) is 18.3. The van der Waals surface area contributed by atoms with Crippen LogP contribution < -0.4 is 16.2 Å². The zero-order valence-electron chi connectivity index (χ0n) is 17.5. The van der Waals surface area contributed by atoms with E-state index in [0.29, 0.717) is 5.69 Å². The number of hydrogen-bond acceptors (Lipinski definition) is 6. The average molecular weight is 417 g/mol. The van der Waals surface area contributed by atoms with E-state index in [9.17, 15) is 9.90 Å². The fraction of sp³-hybridized carbons (Fsp3) is 0.455. The maximum absolute atomic E-state index is 10.7. The number of aromatic nitrogens is 1. The molecule has 0 spiro atoms. The third kappa shape index (κ3) is 5.79. The fourth-order valence-electron chi connectivity index (χ4n) is 3.87. The van der Waals surface area contributed by atoms with Crippen molar-refractivity contribution in [3.63, 3.8) is 0 Å². The predicted octanol–water partition coefficient (Wildman–Crippen LogP) is 3.08. The lowest BCUT2D eigenvalue weighted by atomic mass is 9.99. The number of nitrogens with one attached hydrogen (secondary N) is 1. The highest BCUT2D eigenvalue weighted by Crippen LogP contribution is 2.38. The second kappa shape index (κ2) is 10.7. The summed E-state index contributed by atoms with van der Waals surface area (Å²) in [6, 6.07) is 7.79. The maximum atomic E-state index is 10.7. The van der Waals surface area contributed by atoms with Crippen molar-refractivity contribution < 1.29 is 9.90 Å². The number of pyridine rings is 1. The number of nitrogens with zero attached hydrogens (tertiary/aromatic N) is 1. The Morgan fingerprint density at radius 3 is 2.17 bits per heavy atom. The number of aliphatic hydroxyl groups is 1. The third-order valence-electron chi connectivity index (χ3n) is 5.15. The van der Waals surface area contributed by atoms with Gasteiger partial charge in [-0.05, 0) is 106 Å². The van der Waals surface area contributed by atoms with Gasteiger partial charge < -0.3 is 16.2 Å². The molecule has 0 saturated carbocycles. The lowest BCUT2D eigenvalue weighted by molar-refractivity contribution is -0.105. The van der Waals surface area contributed by atoms with Gasteiger partial charge in [0.15, 0.2) is 0 Å². The van der Waals surface area contributed by atoms with Gasteiger partial charge in [-0.3, -0.25) is 9.93 Å². The first-order chi connectivity index (χ1) is 13.9. The Balaban J connectivity index is 0.000000196. The van der Waals surface area contributed by atoms with Gasteiger partial charge in [0, 0.05) is 5.69 Å². The number of carbonyl (C=O) groups excluding carboxylic acids is 1. The first-order valence-electron chi connectivity index (χ1n) is 9.95. The molecule has 4 rings (SSSR count). The molecule has 2 aromatic rings. The van der Waals surface area contributed by atoms with Gasteiger partial charge in [-0.25, -0.2) is 4.98 Å². The van der Waals surface area contributed by atoms with E-state index in [0.717, 1.165) is 41.9 Å². The largest absolute Gasteiger partial charge is 0.384 e. The van der Waals surface area contributed by atoms with Crippen molar-refractivity contribution in [1.82, 2.24) is 4.98 Å². The summed E-state index contributed by atoms with van der Waals surface area (Å²) in [6.45, 7) is 3.39. The minimum atomic E-state index is -0.897. The van der Waals surface area contributed by atoms with E-state index in [1.54, 1.807) is 26.0 Å². The van der Waals surface area contributed by atoms with Crippen LogP contribution in [0.1, 0.15) is 54.6 Å². The molecule has 1 amide bonds. The van der Waals surface area contributed by atoms with Crippen molar-refractivity contribution in [2.45, 2.75) is 63.0 Å². The molecular weight excluding hydrogens is 384 g/mol. The van der Waals surface area contributed by atoms with Gasteiger partial charge in [-0.2, -0.15) is 0 Å².